The number of fused-ring (bicyclic) bond motifs is 1. The molecule has 1 N–H and O–H groups in total. The van der Waals surface area contributed by atoms with Gasteiger partial charge in [-0.3, -0.25) is 4.79 Å². The molecule has 0 unspecified atom stereocenters. The Hall–Kier alpha value is -3.46. The summed E-state index contributed by atoms with van der Waals surface area (Å²) >= 11 is 1.40. The van der Waals surface area contributed by atoms with E-state index in [1.54, 1.807) is 12.1 Å². The van der Waals surface area contributed by atoms with Crippen molar-refractivity contribution < 1.29 is 9.18 Å². The lowest BCUT2D eigenvalue weighted by molar-refractivity contribution is -0.122. The number of hydrogen-bond donors (Lipinski definition) is 1. The molecule has 0 atom stereocenters. The van der Waals surface area contributed by atoms with Crippen molar-refractivity contribution >= 4 is 23.3 Å². The molecule has 2 heterocycles. The number of rotatable bonds is 6. The Morgan fingerprint density at radius 2 is 2.00 bits per heavy atom. The van der Waals surface area contributed by atoms with E-state index in [1.165, 1.54) is 40.7 Å². The molecule has 0 spiro atoms. The molecule has 2 aromatic carbocycles. The Morgan fingerprint density at radius 1 is 1.20 bits per heavy atom. The van der Waals surface area contributed by atoms with Crippen LogP contribution in [-0.4, -0.2) is 25.1 Å². The highest BCUT2D eigenvalue weighted by molar-refractivity contribution is 7.99. The highest BCUT2D eigenvalue weighted by Gasteiger charge is 2.15. The van der Waals surface area contributed by atoms with Crippen LogP contribution in [0.25, 0.3) is 5.65 Å². The second-order valence-corrected chi connectivity index (χ2v) is 7.75. The number of hydrogen-bond acceptors (Lipinski definition) is 5. The Balaban J connectivity index is 1.52. The zero-order valence-electron chi connectivity index (χ0n) is 16.1. The number of nitrogens with one attached hydrogen (secondary N) is 1. The molecule has 152 valence electrons. The van der Waals surface area contributed by atoms with Gasteiger partial charge >= 0.3 is 5.69 Å². The van der Waals surface area contributed by atoms with Crippen molar-refractivity contribution in [2.45, 2.75) is 29.9 Å². The Morgan fingerprint density at radius 3 is 2.77 bits per heavy atom. The topological polar surface area (TPSA) is 81.3 Å². The van der Waals surface area contributed by atoms with Crippen molar-refractivity contribution in [1.82, 2.24) is 24.5 Å². The van der Waals surface area contributed by atoms with Gasteiger partial charge in [-0.15, -0.1) is 5.10 Å². The fourth-order valence-corrected chi connectivity index (χ4v) is 3.84. The highest BCUT2D eigenvalue weighted by atomic mass is 32.2. The van der Waals surface area contributed by atoms with Crippen LogP contribution in [0.2, 0.25) is 0 Å². The van der Waals surface area contributed by atoms with E-state index in [0.29, 0.717) is 10.7 Å². The third kappa shape index (κ3) is 4.41. The molecule has 2 aromatic heterocycles. The van der Waals surface area contributed by atoms with E-state index < -0.39 is 5.69 Å². The molecule has 0 aliphatic carbocycles. The molecule has 0 bridgehead atoms. The number of carbonyl (C=O) groups is 1. The SMILES string of the molecule is Cc1cccc(Sc2nccn3c(=O)n(CC(=O)NCc4ccc(F)cc4)nc23)c1. The average molecular weight is 423 g/mol. The minimum atomic E-state index is -0.421. The molecular weight excluding hydrogens is 405 g/mol. The fraction of sp³-hybridized carbons (Fsp3) is 0.143. The van der Waals surface area contributed by atoms with Gasteiger partial charge in [-0.25, -0.2) is 23.3 Å². The first-order valence-electron chi connectivity index (χ1n) is 9.19. The lowest BCUT2D eigenvalue weighted by Gasteiger charge is -2.04. The van der Waals surface area contributed by atoms with Crippen molar-refractivity contribution in [3.05, 3.63) is 88.4 Å². The Bertz CT molecular complexity index is 1270. The number of amides is 1. The summed E-state index contributed by atoms with van der Waals surface area (Å²) in [6.07, 6.45) is 3.06. The monoisotopic (exact) mass is 423 g/mol. The van der Waals surface area contributed by atoms with Gasteiger partial charge in [0.05, 0.1) is 0 Å². The zero-order valence-corrected chi connectivity index (χ0v) is 16.9. The minimum Gasteiger partial charge on any atom is -0.350 e. The van der Waals surface area contributed by atoms with Gasteiger partial charge in [-0.2, -0.15) is 0 Å². The predicted octanol–water partition coefficient (Wildman–Crippen LogP) is 2.81. The molecule has 0 radical (unpaired) electrons. The van der Waals surface area contributed by atoms with Crippen LogP contribution in [0, 0.1) is 12.7 Å². The molecule has 0 aliphatic rings. The summed E-state index contributed by atoms with van der Waals surface area (Å²) in [5, 5.41) is 7.59. The van der Waals surface area contributed by atoms with Crippen LogP contribution in [0.3, 0.4) is 0 Å². The summed E-state index contributed by atoms with van der Waals surface area (Å²) in [7, 11) is 0. The van der Waals surface area contributed by atoms with Crippen molar-refractivity contribution in [2.24, 2.45) is 0 Å². The van der Waals surface area contributed by atoms with E-state index in [9.17, 15) is 14.0 Å². The molecular formula is C21H18FN5O2S. The van der Waals surface area contributed by atoms with E-state index in [2.05, 4.69) is 15.4 Å². The summed E-state index contributed by atoms with van der Waals surface area (Å²) in [6, 6.07) is 13.8. The van der Waals surface area contributed by atoms with Crippen LogP contribution in [0.1, 0.15) is 11.1 Å². The maximum absolute atomic E-state index is 13.0. The molecule has 9 heteroatoms. The maximum Gasteiger partial charge on any atom is 0.350 e. The largest absolute Gasteiger partial charge is 0.350 e. The summed E-state index contributed by atoms with van der Waals surface area (Å²) in [4.78, 5) is 30.2. The predicted molar refractivity (Wildman–Crippen MR) is 111 cm³/mol. The van der Waals surface area contributed by atoms with E-state index in [4.69, 9.17) is 0 Å². The Kier molecular flexibility index (Phi) is 5.62. The number of carbonyl (C=O) groups excluding carboxylic acids is 1. The van der Waals surface area contributed by atoms with Gasteiger partial charge in [0, 0.05) is 23.8 Å². The summed E-state index contributed by atoms with van der Waals surface area (Å²) in [5.74, 6) is -0.708. The molecule has 0 saturated carbocycles. The van der Waals surface area contributed by atoms with Crippen molar-refractivity contribution in [2.75, 3.05) is 0 Å². The van der Waals surface area contributed by atoms with Gasteiger partial charge in [0.15, 0.2) is 5.65 Å². The second-order valence-electron chi connectivity index (χ2n) is 6.69. The van der Waals surface area contributed by atoms with E-state index in [-0.39, 0.29) is 24.8 Å². The number of benzene rings is 2. The average Bonchev–Trinajstić information content (AvgIpc) is 3.04. The summed E-state index contributed by atoms with van der Waals surface area (Å²) < 4.78 is 15.4. The molecule has 4 rings (SSSR count). The lowest BCUT2D eigenvalue weighted by Crippen LogP contribution is -2.32. The fourth-order valence-electron chi connectivity index (χ4n) is 2.89. The first-order valence-corrected chi connectivity index (χ1v) is 10.0. The number of aryl methyl sites for hydroxylation is 1. The molecule has 1 amide bonds. The van der Waals surface area contributed by atoms with Gasteiger partial charge in [0.25, 0.3) is 0 Å². The summed E-state index contributed by atoms with van der Waals surface area (Å²) in [6.45, 7) is 2.01. The number of nitrogens with zero attached hydrogens (tertiary/aromatic N) is 4. The van der Waals surface area contributed by atoms with Crippen molar-refractivity contribution in [3.8, 4) is 0 Å². The molecule has 0 saturated heterocycles. The molecule has 0 fully saturated rings. The van der Waals surface area contributed by atoms with Crippen molar-refractivity contribution in [1.29, 1.82) is 0 Å². The molecule has 30 heavy (non-hydrogen) atoms. The van der Waals surface area contributed by atoms with Gasteiger partial charge in [-0.1, -0.05) is 41.6 Å². The zero-order chi connectivity index (χ0) is 21.1. The van der Waals surface area contributed by atoms with Gasteiger partial charge in [0.1, 0.15) is 17.4 Å². The third-order valence-corrected chi connectivity index (χ3v) is 5.34. The first-order chi connectivity index (χ1) is 14.5. The van der Waals surface area contributed by atoms with Gasteiger partial charge in [0.2, 0.25) is 5.91 Å². The quantitative estimate of drug-likeness (QED) is 0.516. The van der Waals surface area contributed by atoms with Crippen LogP contribution in [0.4, 0.5) is 4.39 Å². The molecule has 7 nitrogen and oxygen atoms in total. The van der Waals surface area contributed by atoms with Crippen LogP contribution in [0.5, 0.6) is 0 Å². The normalized spacial score (nSPS) is 11.0. The second kappa shape index (κ2) is 8.50. The van der Waals surface area contributed by atoms with Crippen LogP contribution in [-0.2, 0) is 17.9 Å². The molecule has 4 aromatic rings. The standard InChI is InChI=1S/C21H18FN5O2S/c1-14-3-2-4-17(11-14)30-20-19-25-27(21(29)26(19)10-9-23-20)13-18(28)24-12-15-5-7-16(22)8-6-15/h2-11H,12-13H2,1H3,(H,24,28). The number of halogens is 1. The summed E-state index contributed by atoms with van der Waals surface area (Å²) in [5.41, 5.74) is 1.84. The van der Waals surface area contributed by atoms with Gasteiger partial charge < -0.3 is 5.32 Å². The highest BCUT2D eigenvalue weighted by Crippen LogP contribution is 2.28. The van der Waals surface area contributed by atoms with Crippen molar-refractivity contribution in [3.63, 3.8) is 0 Å². The lowest BCUT2D eigenvalue weighted by atomic mass is 10.2. The first kappa shape index (κ1) is 19.8. The maximum atomic E-state index is 13.0. The van der Waals surface area contributed by atoms with E-state index >= 15 is 0 Å². The smallest absolute Gasteiger partial charge is 0.350 e. The van der Waals surface area contributed by atoms with Crippen LogP contribution in [0.15, 0.2) is 75.6 Å². The van der Waals surface area contributed by atoms with E-state index in [1.807, 2.05) is 31.2 Å². The van der Waals surface area contributed by atoms with Crippen LogP contribution >= 0.6 is 11.8 Å². The minimum absolute atomic E-state index is 0.226. The van der Waals surface area contributed by atoms with Gasteiger partial charge in [-0.05, 0) is 36.8 Å². The molecule has 0 aliphatic heterocycles. The van der Waals surface area contributed by atoms with E-state index in [0.717, 1.165) is 20.7 Å². The third-order valence-electron chi connectivity index (χ3n) is 4.37. The van der Waals surface area contributed by atoms with Crippen LogP contribution < -0.4 is 11.0 Å². The Labute approximate surface area is 175 Å². The number of aromatic nitrogens is 4.